The Morgan fingerprint density at radius 3 is 2.56 bits per heavy atom. The summed E-state index contributed by atoms with van der Waals surface area (Å²) in [5, 5.41) is 0. The molecule has 0 spiro atoms. The van der Waals surface area contributed by atoms with E-state index in [2.05, 4.69) is 0 Å². The summed E-state index contributed by atoms with van der Waals surface area (Å²) in [5.74, 6) is 0.173. The Morgan fingerprint density at radius 1 is 1.22 bits per heavy atom. The largest absolute Gasteiger partial charge is 0.339 e. The fraction of sp³-hybridized carbons (Fsp3) is 0.533. The third-order valence-corrected chi connectivity index (χ3v) is 4.58. The van der Waals surface area contributed by atoms with Gasteiger partial charge in [-0.1, -0.05) is 31.4 Å². The fourth-order valence-corrected chi connectivity index (χ4v) is 3.24. The minimum atomic E-state index is 0.173. The molecule has 0 aromatic heterocycles. The predicted molar refractivity (Wildman–Crippen MR) is 77.2 cm³/mol. The van der Waals surface area contributed by atoms with E-state index in [0.717, 1.165) is 23.3 Å². The number of rotatable bonds is 3. The van der Waals surface area contributed by atoms with E-state index < -0.39 is 0 Å². The van der Waals surface area contributed by atoms with Crippen molar-refractivity contribution in [3.63, 3.8) is 0 Å². The van der Waals surface area contributed by atoms with Gasteiger partial charge in [-0.25, -0.2) is 0 Å². The number of thioether (sulfide) groups is 1. The number of hydrogen-bond donors (Lipinski definition) is 0. The van der Waals surface area contributed by atoms with Gasteiger partial charge in [-0.2, -0.15) is 0 Å². The van der Waals surface area contributed by atoms with Crippen LogP contribution in [0.1, 0.15) is 42.5 Å². The van der Waals surface area contributed by atoms with Crippen LogP contribution in [0.15, 0.2) is 29.2 Å². The topological polar surface area (TPSA) is 20.3 Å². The third-order valence-electron chi connectivity index (χ3n) is 3.78. The first-order valence-corrected chi connectivity index (χ1v) is 7.86. The van der Waals surface area contributed by atoms with Crippen LogP contribution in [0.5, 0.6) is 0 Å². The molecule has 0 saturated heterocycles. The summed E-state index contributed by atoms with van der Waals surface area (Å²) in [6.45, 7) is 0. The SMILES string of the molecule is CSc1ccccc1C(=O)N(C)C1CCCCC1. The molecule has 0 heterocycles. The van der Waals surface area contributed by atoms with Crippen molar-refractivity contribution >= 4 is 17.7 Å². The van der Waals surface area contributed by atoms with Gasteiger partial charge in [0.1, 0.15) is 0 Å². The van der Waals surface area contributed by atoms with Gasteiger partial charge in [-0.3, -0.25) is 4.79 Å². The average Bonchev–Trinajstić information content (AvgIpc) is 2.46. The van der Waals surface area contributed by atoms with Crippen molar-refractivity contribution in [3.8, 4) is 0 Å². The lowest BCUT2D eigenvalue weighted by Gasteiger charge is -2.31. The molecule has 1 aromatic carbocycles. The summed E-state index contributed by atoms with van der Waals surface area (Å²) < 4.78 is 0. The zero-order valence-corrected chi connectivity index (χ0v) is 12.0. The lowest BCUT2D eigenvalue weighted by molar-refractivity contribution is 0.0693. The van der Waals surface area contributed by atoms with Crippen molar-refractivity contribution in [1.29, 1.82) is 0 Å². The van der Waals surface area contributed by atoms with Crippen molar-refractivity contribution in [1.82, 2.24) is 4.90 Å². The van der Waals surface area contributed by atoms with E-state index in [4.69, 9.17) is 0 Å². The third kappa shape index (κ3) is 2.89. The van der Waals surface area contributed by atoms with Crippen LogP contribution in [0.4, 0.5) is 0 Å². The Balaban J connectivity index is 2.14. The van der Waals surface area contributed by atoms with Crippen LogP contribution in [-0.4, -0.2) is 30.2 Å². The molecule has 1 saturated carbocycles. The Labute approximate surface area is 114 Å². The van der Waals surface area contributed by atoms with E-state index in [1.807, 2.05) is 42.5 Å². The number of benzene rings is 1. The van der Waals surface area contributed by atoms with Gasteiger partial charge in [0.25, 0.3) is 5.91 Å². The molecule has 0 aliphatic heterocycles. The highest BCUT2D eigenvalue weighted by Crippen LogP contribution is 2.26. The van der Waals surface area contributed by atoms with Gasteiger partial charge in [0, 0.05) is 18.0 Å². The Bertz CT molecular complexity index is 413. The molecule has 1 aliphatic carbocycles. The molecule has 2 nitrogen and oxygen atoms in total. The van der Waals surface area contributed by atoms with Crippen LogP contribution >= 0.6 is 11.8 Å². The maximum absolute atomic E-state index is 12.5. The molecule has 98 valence electrons. The van der Waals surface area contributed by atoms with Crippen LogP contribution in [0.25, 0.3) is 0 Å². The van der Waals surface area contributed by atoms with E-state index in [9.17, 15) is 4.79 Å². The summed E-state index contributed by atoms with van der Waals surface area (Å²) in [7, 11) is 1.95. The van der Waals surface area contributed by atoms with E-state index in [1.165, 1.54) is 19.3 Å². The Morgan fingerprint density at radius 2 is 1.89 bits per heavy atom. The molecule has 0 unspecified atom stereocenters. The fourth-order valence-electron chi connectivity index (χ4n) is 2.65. The normalized spacial score (nSPS) is 16.6. The molecule has 0 bridgehead atoms. The molecular weight excluding hydrogens is 242 g/mol. The minimum Gasteiger partial charge on any atom is -0.339 e. The monoisotopic (exact) mass is 263 g/mol. The number of carbonyl (C=O) groups is 1. The molecule has 1 fully saturated rings. The summed E-state index contributed by atoms with van der Waals surface area (Å²) in [6.07, 6.45) is 8.17. The van der Waals surface area contributed by atoms with Gasteiger partial charge >= 0.3 is 0 Å². The summed E-state index contributed by atoms with van der Waals surface area (Å²) in [6, 6.07) is 8.33. The molecule has 0 N–H and O–H groups in total. The van der Waals surface area contributed by atoms with Crippen molar-refractivity contribution < 1.29 is 4.79 Å². The number of amides is 1. The van der Waals surface area contributed by atoms with E-state index in [1.54, 1.807) is 11.8 Å². The molecule has 2 rings (SSSR count). The molecular formula is C15H21NOS. The highest BCUT2D eigenvalue weighted by atomic mass is 32.2. The molecule has 0 atom stereocenters. The van der Waals surface area contributed by atoms with Crippen molar-refractivity contribution in [2.75, 3.05) is 13.3 Å². The van der Waals surface area contributed by atoms with Crippen LogP contribution < -0.4 is 0 Å². The van der Waals surface area contributed by atoms with Gasteiger partial charge < -0.3 is 4.90 Å². The summed E-state index contributed by atoms with van der Waals surface area (Å²) in [4.78, 5) is 15.6. The van der Waals surface area contributed by atoms with Gasteiger partial charge in [-0.15, -0.1) is 11.8 Å². The lowest BCUT2D eigenvalue weighted by atomic mass is 9.94. The zero-order chi connectivity index (χ0) is 13.0. The molecule has 1 aliphatic rings. The van der Waals surface area contributed by atoms with Gasteiger partial charge in [-0.05, 0) is 31.2 Å². The average molecular weight is 263 g/mol. The first-order chi connectivity index (χ1) is 8.74. The zero-order valence-electron chi connectivity index (χ0n) is 11.2. The van der Waals surface area contributed by atoms with Crippen molar-refractivity contribution in [3.05, 3.63) is 29.8 Å². The van der Waals surface area contributed by atoms with Crippen molar-refractivity contribution in [2.45, 2.75) is 43.0 Å². The van der Waals surface area contributed by atoms with Crippen molar-refractivity contribution in [2.24, 2.45) is 0 Å². The van der Waals surface area contributed by atoms with Crippen LogP contribution in [-0.2, 0) is 0 Å². The van der Waals surface area contributed by atoms with Gasteiger partial charge in [0.05, 0.1) is 5.56 Å². The van der Waals surface area contributed by atoms with Crippen LogP contribution in [0.3, 0.4) is 0 Å². The van der Waals surface area contributed by atoms with Crippen LogP contribution in [0, 0.1) is 0 Å². The molecule has 1 amide bonds. The Kier molecular flexibility index (Phi) is 4.70. The minimum absolute atomic E-state index is 0.173. The molecule has 0 radical (unpaired) electrons. The first kappa shape index (κ1) is 13.5. The van der Waals surface area contributed by atoms with E-state index in [0.29, 0.717) is 6.04 Å². The second-order valence-electron chi connectivity index (χ2n) is 4.91. The standard InChI is InChI=1S/C15H21NOS/c1-16(12-8-4-3-5-9-12)15(17)13-10-6-7-11-14(13)18-2/h6-7,10-12H,3-5,8-9H2,1-2H3. The smallest absolute Gasteiger partial charge is 0.254 e. The van der Waals surface area contributed by atoms with E-state index in [-0.39, 0.29) is 5.91 Å². The lowest BCUT2D eigenvalue weighted by Crippen LogP contribution is -2.38. The second-order valence-corrected chi connectivity index (χ2v) is 5.76. The number of nitrogens with zero attached hydrogens (tertiary/aromatic N) is 1. The van der Waals surface area contributed by atoms with E-state index >= 15 is 0 Å². The second kappa shape index (κ2) is 6.28. The predicted octanol–water partition coefficient (Wildman–Crippen LogP) is 3.81. The number of hydrogen-bond acceptors (Lipinski definition) is 2. The highest BCUT2D eigenvalue weighted by molar-refractivity contribution is 7.98. The summed E-state index contributed by atoms with van der Waals surface area (Å²) >= 11 is 1.64. The first-order valence-electron chi connectivity index (χ1n) is 6.64. The molecule has 1 aromatic rings. The van der Waals surface area contributed by atoms with Gasteiger partial charge in [0.15, 0.2) is 0 Å². The molecule has 3 heteroatoms. The highest BCUT2D eigenvalue weighted by Gasteiger charge is 2.24. The number of carbonyl (C=O) groups excluding carboxylic acids is 1. The quantitative estimate of drug-likeness (QED) is 0.773. The summed E-state index contributed by atoms with van der Waals surface area (Å²) in [5.41, 5.74) is 0.845. The Hall–Kier alpha value is -0.960. The maximum atomic E-state index is 12.5. The maximum Gasteiger partial charge on any atom is 0.254 e. The van der Waals surface area contributed by atoms with Gasteiger partial charge in [0.2, 0.25) is 0 Å². The van der Waals surface area contributed by atoms with Crippen LogP contribution in [0.2, 0.25) is 0 Å². The molecule has 18 heavy (non-hydrogen) atoms.